The minimum Gasteiger partial charge on any atom is -0.332 e. The highest BCUT2D eigenvalue weighted by Crippen LogP contribution is 2.18. The molecule has 0 aliphatic rings. The molecule has 0 aliphatic heterocycles. The van der Waals surface area contributed by atoms with Crippen LogP contribution in [-0.2, 0) is 20.6 Å². The Morgan fingerprint density at radius 3 is 2.28 bits per heavy atom. The third-order valence-corrected chi connectivity index (χ3v) is 4.60. The Hall–Kier alpha value is -2.82. The summed E-state index contributed by atoms with van der Waals surface area (Å²) in [6.45, 7) is 4.58. The predicted octanol–water partition coefficient (Wildman–Crippen LogP) is 2.93. The largest absolute Gasteiger partial charge is 0.332 e. The molecule has 0 saturated heterocycles. The van der Waals surface area contributed by atoms with Crippen molar-refractivity contribution in [2.24, 2.45) is 14.1 Å². The molecular weight excluding hydrogens is 314 g/mol. The Morgan fingerprint density at radius 1 is 1.00 bits per heavy atom. The average molecular weight is 337 g/mol. The molecule has 130 valence electrons. The molecule has 0 atom stereocenters. The molecule has 1 aromatic heterocycles. The number of benzene rings is 2. The third kappa shape index (κ3) is 3.09. The summed E-state index contributed by atoms with van der Waals surface area (Å²) in [6, 6.07) is 15.5. The number of hydrogen-bond donors (Lipinski definition) is 0. The minimum atomic E-state index is -0.0930. The van der Waals surface area contributed by atoms with Gasteiger partial charge in [0.25, 0.3) is 5.91 Å². The highest BCUT2D eigenvalue weighted by Gasteiger charge is 2.20. The van der Waals surface area contributed by atoms with E-state index in [-0.39, 0.29) is 17.6 Å². The number of rotatable bonds is 4. The lowest BCUT2D eigenvalue weighted by Gasteiger charge is -2.27. The van der Waals surface area contributed by atoms with Crippen LogP contribution in [-0.4, -0.2) is 26.0 Å². The Morgan fingerprint density at radius 2 is 1.64 bits per heavy atom. The highest BCUT2D eigenvalue weighted by molar-refractivity contribution is 5.97. The summed E-state index contributed by atoms with van der Waals surface area (Å²) in [5.41, 5.74) is 3.19. The molecule has 0 fully saturated rings. The molecule has 0 saturated carbocycles. The third-order valence-electron chi connectivity index (χ3n) is 4.60. The van der Waals surface area contributed by atoms with Crippen LogP contribution in [0.1, 0.15) is 29.8 Å². The van der Waals surface area contributed by atoms with Crippen molar-refractivity contribution in [3.63, 3.8) is 0 Å². The van der Waals surface area contributed by atoms with E-state index in [1.54, 1.807) is 35.4 Å². The van der Waals surface area contributed by atoms with Gasteiger partial charge in [0.15, 0.2) is 0 Å². The molecule has 5 heteroatoms. The maximum atomic E-state index is 13.1. The second kappa shape index (κ2) is 6.59. The number of nitrogens with zero attached hydrogens (tertiary/aromatic N) is 3. The molecule has 1 heterocycles. The standard InChI is InChI=1S/C20H23N3O2/c1-14(2)23(13-15-8-6-5-7-9-15)19(24)16-10-11-17-18(12-16)22(4)20(25)21(17)3/h5-12,14H,13H2,1-4H3. The van der Waals surface area contributed by atoms with Gasteiger partial charge in [0.05, 0.1) is 11.0 Å². The zero-order valence-electron chi connectivity index (χ0n) is 15.1. The quantitative estimate of drug-likeness (QED) is 0.735. The van der Waals surface area contributed by atoms with Crippen LogP contribution in [0.15, 0.2) is 53.3 Å². The summed E-state index contributed by atoms with van der Waals surface area (Å²) >= 11 is 0. The fraction of sp³-hybridized carbons (Fsp3) is 0.300. The first-order chi connectivity index (χ1) is 11.9. The second-order valence-electron chi connectivity index (χ2n) is 6.62. The number of fused-ring (bicyclic) bond motifs is 1. The number of imidazole rings is 1. The van der Waals surface area contributed by atoms with E-state index >= 15 is 0 Å². The Kier molecular flexibility index (Phi) is 4.49. The molecule has 0 bridgehead atoms. The van der Waals surface area contributed by atoms with Crippen molar-refractivity contribution < 1.29 is 4.79 Å². The van der Waals surface area contributed by atoms with E-state index in [2.05, 4.69) is 0 Å². The van der Waals surface area contributed by atoms with E-state index in [4.69, 9.17) is 0 Å². The molecule has 0 aliphatic carbocycles. The monoisotopic (exact) mass is 337 g/mol. The molecule has 0 unspecified atom stereocenters. The van der Waals surface area contributed by atoms with E-state index in [1.807, 2.05) is 55.1 Å². The summed E-state index contributed by atoms with van der Waals surface area (Å²) in [6.07, 6.45) is 0. The van der Waals surface area contributed by atoms with Crippen molar-refractivity contribution >= 4 is 16.9 Å². The number of aromatic nitrogens is 2. The van der Waals surface area contributed by atoms with Crippen molar-refractivity contribution in [3.05, 3.63) is 70.1 Å². The molecule has 5 nitrogen and oxygen atoms in total. The number of hydrogen-bond acceptors (Lipinski definition) is 2. The van der Waals surface area contributed by atoms with E-state index in [1.165, 1.54) is 0 Å². The topological polar surface area (TPSA) is 47.2 Å². The first kappa shape index (κ1) is 17.0. The highest BCUT2D eigenvalue weighted by atomic mass is 16.2. The fourth-order valence-electron chi connectivity index (χ4n) is 3.07. The summed E-state index contributed by atoms with van der Waals surface area (Å²) in [4.78, 5) is 27.0. The maximum Gasteiger partial charge on any atom is 0.328 e. The molecule has 3 aromatic rings. The van der Waals surface area contributed by atoms with E-state index in [0.29, 0.717) is 12.1 Å². The smallest absolute Gasteiger partial charge is 0.328 e. The van der Waals surface area contributed by atoms with Crippen LogP contribution < -0.4 is 5.69 Å². The van der Waals surface area contributed by atoms with E-state index in [0.717, 1.165) is 16.6 Å². The zero-order chi connectivity index (χ0) is 18.1. The van der Waals surface area contributed by atoms with Crippen molar-refractivity contribution in [2.75, 3.05) is 0 Å². The first-order valence-corrected chi connectivity index (χ1v) is 8.40. The molecule has 0 N–H and O–H groups in total. The normalized spacial score (nSPS) is 11.2. The van der Waals surface area contributed by atoms with Crippen molar-refractivity contribution in [3.8, 4) is 0 Å². The SMILES string of the molecule is CC(C)N(Cc1ccccc1)C(=O)c1ccc2c(c1)n(C)c(=O)n2C. The lowest BCUT2D eigenvalue weighted by molar-refractivity contribution is 0.0690. The van der Waals surface area contributed by atoms with E-state index in [9.17, 15) is 9.59 Å². The van der Waals surface area contributed by atoms with Gasteiger partial charge in [-0.15, -0.1) is 0 Å². The lowest BCUT2D eigenvalue weighted by Crippen LogP contribution is -2.36. The van der Waals surface area contributed by atoms with Gasteiger partial charge in [0.1, 0.15) is 0 Å². The van der Waals surface area contributed by atoms with Crippen LogP contribution in [0.3, 0.4) is 0 Å². The van der Waals surface area contributed by atoms with Crippen molar-refractivity contribution in [2.45, 2.75) is 26.4 Å². The fourth-order valence-corrected chi connectivity index (χ4v) is 3.07. The van der Waals surface area contributed by atoms with Gasteiger partial charge in [-0.05, 0) is 37.6 Å². The summed E-state index contributed by atoms with van der Waals surface area (Å²) in [7, 11) is 3.46. The first-order valence-electron chi connectivity index (χ1n) is 8.40. The van der Waals surface area contributed by atoms with Crippen LogP contribution in [0.5, 0.6) is 0 Å². The Labute approximate surface area is 147 Å². The maximum absolute atomic E-state index is 13.1. The second-order valence-corrected chi connectivity index (χ2v) is 6.62. The summed E-state index contributed by atoms with van der Waals surface area (Å²) < 4.78 is 3.16. The van der Waals surface area contributed by atoms with Crippen LogP contribution in [0.4, 0.5) is 0 Å². The minimum absolute atomic E-state index is 0.0305. The molecule has 2 aromatic carbocycles. The van der Waals surface area contributed by atoms with E-state index < -0.39 is 0 Å². The number of aryl methyl sites for hydroxylation is 2. The van der Waals surface area contributed by atoms with Gasteiger partial charge in [-0.25, -0.2) is 4.79 Å². The van der Waals surface area contributed by atoms with Crippen LogP contribution in [0, 0.1) is 0 Å². The summed E-state index contributed by atoms with van der Waals surface area (Å²) in [5, 5.41) is 0. The Balaban J connectivity index is 1.98. The average Bonchev–Trinajstić information content (AvgIpc) is 2.84. The molecule has 1 amide bonds. The number of carbonyl (C=O) groups is 1. The van der Waals surface area contributed by atoms with Gasteiger partial charge in [-0.3, -0.25) is 13.9 Å². The van der Waals surface area contributed by atoms with Gasteiger partial charge in [0, 0.05) is 32.2 Å². The molecule has 3 rings (SSSR count). The van der Waals surface area contributed by atoms with Crippen molar-refractivity contribution in [1.29, 1.82) is 0 Å². The predicted molar refractivity (Wildman–Crippen MR) is 99.6 cm³/mol. The number of amides is 1. The molecule has 0 radical (unpaired) electrons. The van der Waals surface area contributed by atoms with Crippen LogP contribution >= 0.6 is 0 Å². The van der Waals surface area contributed by atoms with Gasteiger partial charge in [-0.2, -0.15) is 0 Å². The van der Waals surface area contributed by atoms with Gasteiger partial charge in [-0.1, -0.05) is 30.3 Å². The molecule has 0 spiro atoms. The number of carbonyl (C=O) groups excluding carboxylic acids is 1. The Bertz CT molecular complexity index is 968. The lowest BCUT2D eigenvalue weighted by atomic mass is 10.1. The van der Waals surface area contributed by atoms with Crippen molar-refractivity contribution in [1.82, 2.24) is 14.0 Å². The van der Waals surface area contributed by atoms with Crippen LogP contribution in [0.2, 0.25) is 0 Å². The van der Waals surface area contributed by atoms with Gasteiger partial charge in [0.2, 0.25) is 0 Å². The van der Waals surface area contributed by atoms with Crippen LogP contribution in [0.25, 0.3) is 11.0 Å². The molecule has 25 heavy (non-hydrogen) atoms. The molecular formula is C20H23N3O2. The summed E-state index contributed by atoms with van der Waals surface area (Å²) in [5.74, 6) is -0.0305. The van der Waals surface area contributed by atoms with Gasteiger partial charge < -0.3 is 4.90 Å². The zero-order valence-corrected chi connectivity index (χ0v) is 15.1. The van der Waals surface area contributed by atoms with Gasteiger partial charge >= 0.3 is 5.69 Å².